The second-order valence-corrected chi connectivity index (χ2v) is 9.51. The van der Waals surface area contributed by atoms with Crippen molar-refractivity contribution in [1.29, 1.82) is 0 Å². The van der Waals surface area contributed by atoms with Crippen molar-refractivity contribution in [1.82, 2.24) is 0 Å². The molecule has 0 aromatic heterocycles. The second-order valence-electron chi connectivity index (χ2n) is 3.74. The lowest BCUT2D eigenvalue weighted by Gasteiger charge is -2.19. The quantitative estimate of drug-likeness (QED) is 0.376. The lowest BCUT2D eigenvalue weighted by Crippen LogP contribution is -2.30. The molecule has 0 aromatic rings. The first-order chi connectivity index (χ1) is 5.64. The van der Waals surface area contributed by atoms with E-state index in [1.807, 2.05) is 18.9 Å². The van der Waals surface area contributed by atoms with Gasteiger partial charge < -0.3 is 9.16 Å². The number of ether oxygens (including phenoxy) is 1. The van der Waals surface area contributed by atoms with E-state index in [-0.39, 0.29) is 0 Å². The summed E-state index contributed by atoms with van der Waals surface area (Å²) in [6, 6.07) is 1.11. The van der Waals surface area contributed by atoms with E-state index in [1.54, 1.807) is 0 Å². The molecule has 72 valence electrons. The molecule has 1 heterocycles. The predicted octanol–water partition coefficient (Wildman–Crippen LogP) is 1.97. The summed E-state index contributed by atoms with van der Waals surface area (Å²) in [5.41, 5.74) is 0. The third kappa shape index (κ3) is 4.50. The van der Waals surface area contributed by atoms with Crippen molar-refractivity contribution in [2.24, 2.45) is 0 Å². The van der Waals surface area contributed by atoms with E-state index in [1.165, 1.54) is 5.75 Å². The SMILES string of the molecule is CO[Si](C)(C)CCOCC1CS1. The molecule has 12 heavy (non-hydrogen) atoms. The summed E-state index contributed by atoms with van der Waals surface area (Å²) in [7, 11) is 0.448. The van der Waals surface area contributed by atoms with Crippen molar-refractivity contribution in [3.63, 3.8) is 0 Å². The van der Waals surface area contributed by atoms with Gasteiger partial charge in [-0.05, 0) is 19.1 Å². The molecule has 1 atom stereocenters. The van der Waals surface area contributed by atoms with Gasteiger partial charge in [0.25, 0.3) is 0 Å². The van der Waals surface area contributed by atoms with Crippen LogP contribution in [-0.2, 0) is 9.16 Å². The highest BCUT2D eigenvalue weighted by Gasteiger charge is 2.24. The molecule has 1 aliphatic heterocycles. The molecule has 1 fully saturated rings. The number of hydrogen-bond donors (Lipinski definition) is 0. The molecule has 0 spiro atoms. The lowest BCUT2D eigenvalue weighted by molar-refractivity contribution is 0.152. The number of thioether (sulfide) groups is 1. The second kappa shape index (κ2) is 4.65. The van der Waals surface area contributed by atoms with Gasteiger partial charge >= 0.3 is 0 Å². The normalized spacial score (nSPS) is 22.8. The zero-order valence-corrected chi connectivity index (χ0v) is 9.95. The zero-order chi connectivity index (χ0) is 9.03. The first-order valence-electron chi connectivity index (χ1n) is 4.38. The summed E-state index contributed by atoms with van der Waals surface area (Å²) in [4.78, 5) is 0. The minimum atomic E-state index is -1.36. The molecule has 0 aromatic carbocycles. The molecule has 0 aliphatic carbocycles. The Bertz CT molecular complexity index is 137. The molecule has 0 N–H and O–H groups in total. The van der Waals surface area contributed by atoms with Crippen LogP contribution in [-0.4, -0.2) is 39.6 Å². The first kappa shape index (κ1) is 10.6. The summed E-state index contributed by atoms with van der Waals surface area (Å²) in [5.74, 6) is 1.30. The molecule has 1 aliphatic rings. The Morgan fingerprint density at radius 1 is 1.50 bits per heavy atom. The Morgan fingerprint density at radius 2 is 2.17 bits per heavy atom. The fourth-order valence-corrected chi connectivity index (χ4v) is 2.06. The molecule has 0 bridgehead atoms. The third-order valence-electron chi connectivity index (χ3n) is 2.11. The van der Waals surface area contributed by atoms with Crippen LogP contribution in [0.1, 0.15) is 0 Å². The topological polar surface area (TPSA) is 18.5 Å². The van der Waals surface area contributed by atoms with Crippen LogP contribution in [0.2, 0.25) is 19.1 Å². The largest absolute Gasteiger partial charge is 0.420 e. The molecule has 1 saturated heterocycles. The van der Waals surface area contributed by atoms with Crippen LogP contribution >= 0.6 is 11.8 Å². The fourth-order valence-electron chi connectivity index (χ4n) is 0.799. The van der Waals surface area contributed by atoms with Crippen LogP contribution in [0.15, 0.2) is 0 Å². The smallest absolute Gasteiger partial charge is 0.188 e. The van der Waals surface area contributed by atoms with Crippen molar-refractivity contribution in [2.75, 3.05) is 26.1 Å². The summed E-state index contributed by atoms with van der Waals surface area (Å²) in [6.45, 7) is 6.27. The number of hydrogen-bond acceptors (Lipinski definition) is 3. The molecular weight excluding hydrogens is 188 g/mol. The summed E-state index contributed by atoms with van der Waals surface area (Å²) in [6.07, 6.45) is 0. The van der Waals surface area contributed by atoms with E-state index in [0.29, 0.717) is 0 Å². The zero-order valence-electron chi connectivity index (χ0n) is 8.13. The van der Waals surface area contributed by atoms with Gasteiger partial charge in [0.05, 0.1) is 6.61 Å². The minimum Gasteiger partial charge on any atom is -0.420 e. The Hall–Kier alpha value is 0.487. The Morgan fingerprint density at radius 3 is 2.67 bits per heavy atom. The summed E-state index contributed by atoms with van der Waals surface area (Å²) >= 11 is 1.99. The van der Waals surface area contributed by atoms with Crippen molar-refractivity contribution in [2.45, 2.75) is 24.4 Å². The summed E-state index contributed by atoms with van der Waals surface area (Å²) in [5, 5.41) is 0.803. The van der Waals surface area contributed by atoms with Gasteiger partial charge in [0.1, 0.15) is 0 Å². The van der Waals surface area contributed by atoms with E-state index < -0.39 is 8.32 Å². The molecule has 0 amide bonds. The van der Waals surface area contributed by atoms with E-state index in [4.69, 9.17) is 9.16 Å². The van der Waals surface area contributed by atoms with Crippen LogP contribution in [0.3, 0.4) is 0 Å². The third-order valence-corrected chi connectivity index (χ3v) is 5.56. The highest BCUT2D eigenvalue weighted by atomic mass is 32.2. The maximum atomic E-state index is 5.53. The molecule has 0 saturated carbocycles. The van der Waals surface area contributed by atoms with Crippen molar-refractivity contribution in [3.8, 4) is 0 Å². The van der Waals surface area contributed by atoms with E-state index in [0.717, 1.165) is 24.5 Å². The number of rotatable bonds is 6. The molecule has 4 heteroatoms. The molecule has 2 nitrogen and oxygen atoms in total. The fraction of sp³-hybridized carbons (Fsp3) is 1.00. The molecule has 1 unspecified atom stereocenters. The Labute approximate surface area is 80.1 Å². The predicted molar refractivity (Wildman–Crippen MR) is 56.4 cm³/mol. The van der Waals surface area contributed by atoms with E-state index >= 15 is 0 Å². The highest BCUT2D eigenvalue weighted by molar-refractivity contribution is 8.06. The Kier molecular flexibility index (Phi) is 4.09. The monoisotopic (exact) mass is 206 g/mol. The van der Waals surface area contributed by atoms with Crippen LogP contribution in [0.4, 0.5) is 0 Å². The van der Waals surface area contributed by atoms with Gasteiger partial charge in [-0.1, -0.05) is 0 Å². The van der Waals surface area contributed by atoms with Gasteiger partial charge in [-0.15, -0.1) is 0 Å². The van der Waals surface area contributed by atoms with E-state index in [2.05, 4.69) is 13.1 Å². The van der Waals surface area contributed by atoms with Crippen LogP contribution in [0.5, 0.6) is 0 Å². The minimum absolute atomic E-state index is 0.803. The van der Waals surface area contributed by atoms with Gasteiger partial charge in [-0.25, -0.2) is 0 Å². The average Bonchev–Trinajstić information content (AvgIpc) is 2.82. The standard InChI is InChI=1S/C8H18O2SSi/c1-9-12(2,3)5-4-10-6-8-7-11-8/h8H,4-7H2,1-3H3. The molecular formula is C8H18O2SSi. The van der Waals surface area contributed by atoms with Gasteiger partial charge in [-0.2, -0.15) is 11.8 Å². The molecule has 0 radical (unpaired) electrons. The van der Waals surface area contributed by atoms with Crippen LogP contribution in [0, 0.1) is 0 Å². The van der Waals surface area contributed by atoms with Crippen molar-refractivity contribution >= 4 is 20.1 Å². The van der Waals surface area contributed by atoms with E-state index in [9.17, 15) is 0 Å². The van der Waals surface area contributed by atoms with Crippen molar-refractivity contribution < 1.29 is 9.16 Å². The van der Waals surface area contributed by atoms with Gasteiger partial charge in [0.15, 0.2) is 8.32 Å². The Balaban J connectivity index is 1.92. The summed E-state index contributed by atoms with van der Waals surface area (Å²) < 4.78 is 10.9. The average molecular weight is 206 g/mol. The van der Waals surface area contributed by atoms with Crippen LogP contribution < -0.4 is 0 Å². The maximum absolute atomic E-state index is 5.53. The van der Waals surface area contributed by atoms with Crippen molar-refractivity contribution in [3.05, 3.63) is 0 Å². The molecule has 1 rings (SSSR count). The van der Waals surface area contributed by atoms with Gasteiger partial charge in [0.2, 0.25) is 0 Å². The maximum Gasteiger partial charge on any atom is 0.188 e. The van der Waals surface area contributed by atoms with Gasteiger partial charge in [0, 0.05) is 24.7 Å². The highest BCUT2D eigenvalue weighted by Crippen LogP contribution is 2.29. The first-order valence-corrected chi connectivity index (χ1v) is 8.55. The van der Waals surface area contributed by atoms with Crippen LogP contribution in [0.25, 0.3) is 0 Å². The lowest BCUT2D eigenvalue weighted by atomic mass is 10.5. The van der Waals surface area contributed by atoms with Gasteiger partial charge in [-0.3, -0.25) is 0 Å².